The van der Waals surface area contributed by atoms with Crippen molar-refractivity contribution in [1.82, 2.24) is 0 Å². The molecule has 1 aliphatic carbocycles. The summed E-state index contributed by atoms with van der Waals surface area (Å²) in [7, 11) is 0. The molecule has 3 atom stereocenters. The molecule has 0 bridgehead atoms. The molecule has 3 heteroatoms. The van der Waals surface area contributed by atoms with Gasteiger partial charge >= 0.3 is 0 Å². The summed E-state index contributed by atoms with van der Waals surface area (Å²) in [6, 6.07) is 0. The molecule has 1 aliphatic heterocycles. The van der Waals surface area contributed by atoms with Crippen molar-refractivity contribution in [2.45, 2.75) is 69.0 Å². The van der Waals surface area contributed by atoms with Crippen LogP contribution in [0.15, 0.2) is 0 Å². The van der Waals surface area contributed by atoms with Crippen molar-refractivity contribution in [3.05, 3.63) is 0 Å². The number of ether oxygens (including phenoxy) is 1. The van der Waals surface area contributed by atoms with Gasteiger partial charge in [0.05, 0.1) is 12.2 Å². The summed E-state index contributed by atoms with van der Waals surface area (Å²) in [6.45, 7) is 0.214. The summed E-state index contributed by atoms with van der Waals surface area (Å²) < 4.78 is 6.09. The third-order valence-corrected chi connectivity index (χ3v) is 4.36. The first-order valence-electron chi connectivity index (χ1n) is 6.70. The standard InChI is InChI=1S/C13H23ClO2/c14-11-8-12(6-7-15)16-13(9-11)10-4-2-1-3-5-10/h10-13,15H,1-9H2/t11-,12?,13+/m0/s1. The second-order valence-electron chi connectivity index (χ2n) is 5.28. The maximum absolute atomic E-state index is 8.98. The molecule has 1 saturated carbocycles. The van der Waals surface area contributed by atoms with Gasteiger partial charge in [-0.1, -0.05) is 19.3 Å². The summed E-state index contributed by atoms with van der Waals surface area (Å²) in [5.74, 6) is 0.719. The lowest BCUT2D eigenvalue weighted by Gasteiger charge is -2.38. The Kier molecular flexibility index (Phi) is 4.93. The Labute approximate surface area is 103 Å². The van der Waals surface area contributed by atoms with E-state index in [2.05, 4.69) is 0 Å². The van der Waals surface area contributed by atoms with Crippen molar-refractivity contribution in [1.29, 1.82) is 0 Å². The Balaban J connectivity index is 1.87. The molecule has 0 spiro atoms. The van der Waals surface area contributed by atoms with Gasteiger partial charge in [0.25, 0.3) is 0 Å². The van der Waals surface area contributed by atoms with Crippen molar-refractivity contribution in [2.24, 2.45) is 5.92 Å². The first-order valence-corrected chi connectivity index (χ1v) is 7.13. The summed E-state index contributed by atoms with van der Waals surface area (Å²) in [5.41, 5.74) is 0. The number of alkyl halides is 1. The zero-order valence-corrected chi connectivity index (χ0v) is 10.7. The van der Waals surface area contributed by atoms with Crippen LogP contribution in [0.2, 0.25) is 0 Å². The van der Waals surface area contributed by atoms with Crippen LogP contribution in [0.3, 0.4) is 0 Å². The highest BCUT2D eigenvalue weighted by Crippen LogP contribution is 2.35. The molecule has 1 saturated heterocycles. The van der Waals surface area contributed by atoms with E-state index in [9.17, 15) is 0 Å². The van der Waals surface area contributed by atoms with Crippen molar-refractivity contribution >= 4 is 11.6 Å². The van der Waals surface area contributed by atoms with E-state index in [4.69, 9.17) is 21.4 Å². The van der Waals surface area contributed by atoms with E-state index in [-0.39, 0.29) is 18.1 Å². The molecular weight excluding hydrogens is 224 g/mol. The largest absolute Gasteiger partial charge is 0.396 e. The lowest BCUT2D eigenvalue weighted by Crippen LogP contribution is -2.39. The molecule has 16 heavy (non-hydrogen) atoms. The fraction of sp³-hybridized carbons (Fsp3) is 1.00. The van der Waals surface area contributed by atoms with Gasteiger partial charge in [-0.25, -0.2) is 0 Å². The molecule has 2 aliphatic rings. The maximum atomic E-state index is 8.98. The van der Waals surface area contributed by atoms with Crippen molar-refractivity contribution in [3.63, 3.8) is 0 Å². The molecule has 0 radical (unpaired) electrons. The average molecular weight is 247 g/mol. The normalized spacial score (nSPS) is 37.5. The molecule has 2 fully saturated rings. The second-order valence-corrected chi connectivity index (χ2v) is 5.89. The van der Waals surface area contributed by atoms with E-state index in [1.807, 2.05) is 0 Å². The van der Waals surface area contributed by atoms with Gasteiger partial charge in [0.1, 0.15) is 0 Å². The first kappa shape index (κ1) is 12.7. The minimum absolute atomic E-state index is 0.188. The highest BCUT2D eigenvalue weighted by atomic mass is 35.5. The van der Waals surface area contributed by atoms with Crippen LogP contribution in [-0.2, 0) is 4.74 Å². The van der Waals surface area contributed by atoms with Crippen LogP contribution in [0.5, 0.6) is 0 Å². The van der Waals surface area contributed by atoms with Crippen molar-refractivity contribution < 1.29 is 9.84 Å². The zero-order valence-electron chi connectivity index (χ0n) is 9.91. The summed E-state index contributed by atoms with van der Waals surface area (Å²) in [5, 5.41) is 9.23. The van der Waals surface area contributed by atoms with Crippen LogP contribution in [0.4, 0.5) is 0 Å². The topological polar surface area (TPSA) is 29.5 Å². The molecule has 2 nitrogen and oxygen atoms in total. The number of hydrogen-bond acceptors (Lipinski definition) is 2. The summed E-state index contributed by atoms with van der Waals surface area (Å²) >= 11 is 6.30. The first-order chi connectivity index (χ1) is 7.79. The molecule has 0 amide bonds. The molecule has 1 N–H and O–H groups in total. The zero-order chi connectivity index (χ0) is 11.4. The van der Waals surface area contributed by atoms with Gasteiger partial charge in [-0.3, -0.25) is 0 Å². The number of hydrogen-bond donors (Lipinski definition) is 1. The lowest BCUT2D eigenvalue weighted by atomic mass is 9.82. The molecule has 1 unspecified atom stereocenters. The smallest absolute Gasteiger partial charge is 0.0621 e. The lowest BCUT2D eigenvalue weighted by molar-refractivity contribution is -0.0885. The van der Waals surface area contributed by atoms with Crippen LogP contribution in [-0.4, -0.2) is 29.3 Å². The van der Waals surface area contributed by atoms with Crippen molar-refractivity contribution in [3.8, 4) is 0 Å². The predicted octanol–water partition coefficient (Wildman–Crippen LogP) is 3.10. The van der Waals surface area contributed by atoms with Crippen LogP contribution in [0.1, 0.15) is 51.4 Å². The van der Waals surface area contributed by atoms with Crippen molar-refractivity contribution in [2.75, 3.05) is 6.61 Å². The van der Waals surface area contributed by atoms with E-state index in [0.717, 1.165) is 25.2 Å². The number of aliphatic hydroxyl groups is 1. The Hall–Kier alpha value is 0.210. The van der Waals surface area contributed by atoms with Crippen LogP contribution < -0.4 is 0 Å². The fourth-order valence-electron chi connectivity index (χ4n) is 3.13. The van der Waals surface area contributed by atoms with Crippen LogP contribution in [0.25, 0.3) is 0 Å². The minimum Gasteiger partial charge on any atom is -0.396 e. The molecule has 0 aromatic carbocycles. The average Bonchev–Trinajstić information content (AvgIpc) is 2.30. The predicted molar refractivity (Wildman–Crippen MR) is 65.8 cm³/mol. The third-order valence-electron chi connectivity index (χ3n) is 4.00. The van der Waals surface area contributed by atoms with E-state index in [0.29, 0.717) is 6.10 Å². The highest BCUT2D eigenvalue weighted by Gasteiger charge is 2.33. The van der Waals surface area contributed by atoms with Gasteiger partial charge in [0.2, 0.25) is 0 Å². The molecule has 0 aromatic heterocycles. The summed E-state index contributed by atoms with van der Waals surface area (Å²) in [6.07, 6.45) is 9.89. The van der Waals surface area contributed by atoms with E-state index >= 15 is 0 Å². The van der Waals surface area contributed by atoms with E-state index in [1.165, 1.54) is 32.1 Å². The fourth-order valence-corrected chi connectivity index (χ4v) is 3.51. The molecular formula is C13H23ClO2. The number of rotatable bonds is 3. The van der Waals surface area contributed by atoms with E-state index < -0.39 is 0 Å². The number of halogens is 1. The Morgan fingerprint density at radius 2 is 1.88 bits per heavy atom. The Morgan fingerprint density at radius 1 is 1.12 bits per heavy atom. The maximum Gasteiger partial charge on any atom is 0.0621 e. The summed E-state index contributed by atoms with van der Waals surface area (Å²) in [4.78, 5) is 0. The van der Waals surface area contributed by atoms with Gasteiger partial charge in [-0.15, -0.1) is 11.6 Å². The molecule has 1 heterocycles. The van der Waals surface area contributed by atoms with E-state index in [1.54, 1.807) is 0 Å². The van der Waals surface area contributed by atoms with Crippen LogP contribution >= 0.6 is 11.6 Å². The Morgan fingerprint density at radius 3 is 2.56 bits per heavy atom. The monoisotopic (exact) mass is 246 g/mol. The highest BCUT2D eigenvalue weighted by molar-refractivity contribution is 6.20. The second kappa shape index (κ2) is 6.23. The van der Waals surface area contributed by atoms with Gasteiger partial charge in [0, 0.05) is 12.0 Å². The van der Waals surface area contributed by atoms with Gasteiger partial charge in [-0.05, 0) is 38.0 Å². The SMILES string of the molecule is OCCC1C[C@H](Cl)C[C@H](C2CCCCC2)O1. The molecule has 2 rings (SSSR count). The Bertz CT molecular complexity index is 204. The van der Waals surface area contributed by atoms with Gasteiger partial charge in [0.15, 0.2) is 0 Å². The quantitative estimate of drug-likeness (QED) is 0.776. The van der Waals surface area contributed by atoms with Crippen LogP contribution in [0, 0.1) is 5.92 Å². The molecule has 94 valence electrons. The van der Waals surface area contributed by atoms with Gasteiger partial charge < -0.3 is 9.84 Å². The minimum atomic E-state index is 0.188. The number of aliphatic hydroxyl groups excluding tert-OH is 1. The third kappa shape index (κ3) is 3.35. The van der Waals surface area contributed by atoms with Gasteiger partial charge in [-0.2, -0.15) is 0 Å². The molecule has 0 aromatic rings.